The minimum atomic E-state index is -3.78. The maximum atomic E-state index is 12.4. The molecule has 0 aliphatic heterocycles. The molecule has 1 rings (SSSR count). The Morgan fingerprint density at radius 3 is 2.37 bits per heavy atom. The number of hydrogen-bond acceptors (Lipinski definition) is 3. The zero-order valence-electron chi connectivity index (χ0n) is 10.2. The van der Waals surface area contributed by atoms with Gasteiger partial charge in [0.2, 0.25) is 10.0 Å². The smallest absolute Gasteiger partial charge is 0.207 e. The van der Waals surface area contributed by atoms with Crippen molar-refractivity contribution in [3.63, 3.8) is 0 Å². The lowest BCUT2D eigenvalue weighted by Crippen LogP contribution is -2.31. The maximum Gasteiger partial charge on any atom is 0.245 e. The lowest BCUT2D eigenvalue weighted by Gasteiger charge is -2.19. The molecule has 0 aliphatic rings. The molecule has 0 N–H and O–H groups in total. The quantitative estimate of drug-likeness (QED) is 0.758. The van der Waals surface area contributed by atoms with E-state index in [-0.39, 0.29) is 28.6 Å². The highest BCUT2D eigenvalue weighted by molar-refractivity contribution is 7.89. The second-order valence-electron chi connectivity index (χ2n) is 3.66. The van der Waals surface area contributed by atoms with Crippen LogP contribution in [0.5, 0.6) is 0 Å². The summed E-state index contributed by atoms with van der Waals surface area (Å²) < 4.78 is 26.1. The summed E-state index contributed by atoms with van der Waals surface area (Å²) in [5, 5.41) is 8.91. The zero-order valence-corrected chi connectivity index (χ0v) is 11.8. The summed E-state index contributed by atoms with van der Waals surface area (Å²) in [5.74, 6) is 0. The van der Waals surface area contributed by atoms with Gasteiger partial charge in [-0.05, 0) is 18.2 Å². The standard InChI is InChI=1S/C13H13ClN2O2S/c1-3-7-16(8-4-2)19(17,18)13-9-11(10-15)5-6-12(13)14/h3-6,9H,1-2,7-8H2. The Morgan fingerprint density at radius 1 is 1.32 bits per heavy atom. The minimum absolute atomic E-state index is 0.0807. The van der Waals surface area contributed by atoms with Gasteiger partial charge in [-0.3, -0.25) is 0 Å². The summed E-state index contributed by atoms with van der Waals surface area (Å²) in [6.07, 6.45) is 2.95. The Bertz CT molecular complexity index is 623. The second-order valence-corrected chi connectivity index (χ2v) is 5.97. The van der Waals surface area contributed by atoms with Crippen LogP contribution in [0, 0.1) is 11.3 Å². The van der Waals surface area contributed by atoms with E-state index in [2.05, 4.69) is 13.2 Å². The molecule has 0 spiro atoms. The fourth-order valence-corrected chi connectivity index (χ4v) is 3.35. The number of nitriles is 1. The van der Waals surface area contributed by atoms with Gasteiger partial charge in [0.15, 0.2) is 0 Å². The SMILES string of the molecule is C=CCN(CC=C)S(=O)(=O)c1cc(C#N)ccc1Cl. The Morgan fingerprint density at radius 2 is 1.89 bits per heavy atom. The molecule has 6 heteroatoms. The molecule has 0 unspecified atom stereocenters. The van der Waals surface area contributed by atoms with Crippen molar-refractivity contribution in [2.75, 3.05) is 13.1 Å². The van der Waals surface area contributed by atoms with Gasteiger partial charge in [0, 0.05) is 13.1 Å². The van der Waals surface area contributed by atoms with Gasteiger partial charge >= 0.3 is 0 Å². The highest BCUT2D eigenvalue weighted by Crippen LogP contribution is 2.25. The molecule has 0 bridgehead atoms. The average molecular weight is 297 g/mol. The van der Waals surface area contributed by atoms with Crippen LogP contribution in [-0.4, -0.2) is 25.8 Å². The highest BCUT2D eigenvalue weighted by atomic mass is 35.5. The summed E-state index contributed by atoms with van der Waals surface area (Å²) in [4.78, 5) is -0.0862. The molecular formula is C13H13ClN2O2S. The van der Waals surface area contributed by atoms with E-state index in [9.17, 15) is 8.42 Å². The number of hydrogen-bond donors (Lipinski definition) is 0. The summed E-state index contributed by atoms with van der Waals surface area (Å²) >= 11 is 5.92. The van der Waals surface area contributed by atoms with E-state index in [0.29, 0.717) is 0 Å². The van der Waals surface area contributed by atoms with E-state index in [4.69, 9.17) is 16.9 Å². The van der Waals surface area contributed by atoms with Crippen LogP contribution < -0.4 is 0 Å². The minimum Gasteiger partial charge on any atom is -0.207 e. The van der Waals surface area contributed by atoms with E-state index in [1.165, 1.54) is 34.7 Å². The molecule has 4 nitrogen and oxygen atoms in total. The third kappa shape index (κ3) is 3.44. The van der Waals surface area contributed by atoms with Gasteiger partial charge in [0.1, 0.15) is 4.90 Å². The Hall–Kier alpha value is -1.61. The fraction of sp³-hybridized carbons (Fsp3) is 0.154. The van der Waals surface area contributed by atoms with E-state index in [1.54, 1.807) is 0 Å². The average Bonchev–Trinajstić information content (AvgIpc) is 2.39. The van der Waals surface area contributed by atoms with Crippen LogP contribution in [0.3, 0.4) is 0 Å². The molecule has 19 heavy (non-hydrogen) atoms. The van der Waals surface area contributed by atoms with Crippen molar-refractivity contribution in [3.05, 3.63) is 54.1 Å². The van der Waals surface area contributed by atoms with Gasteiger partial charge in [-0.15, -0.1) is 13.2 Å². The number of rotatable bonds is 6. The van der Waals surface area contributed by atoms with Gasteiger partial charge in [-0.1, -0.05) is 23.8 Å². The van der Waals surface area contributed by atoms with Crippen molar-refractivity contribution in [1.82, 2.24) is 4.31 Å². The normalized spacial score (nSPS) is 11.0. The van der Waals surface area contributed by atoms with Gasteiger partial charge in [-0.25, -0.2) is 8.42 Å². The van der Waals surface area contributed by atoms with Crippen LogP contribution in [-0.2, 0) is 10.0 Å². The summed E-state index contributed by atoms with van der Waals surface area (Å²) in [6.45, 7) is 7.32. The van der Waals surface area contributed by atoms with Crippen LogP contribution in [0.25, 0.3) is 0 Å². The maximum absolute atomic E-state index is 12.4. The van der Waals surface area contributed by atoms with Crippen molar-refractivity contribution in [1.29, 1.82) is 5.26 Å². The first-order chi connectivity index (χ1) is 8.97. The van der Waals surface area contributed by atoms with Gasteiger partial charge in [0.25, 0.3) is 0 Å². The van der Waals surface area contributed by atoms with Crippen LogP contribution in [0.1, 0.15) is 5.56 Å². The van der Waals surface area contributed by atoms with E-state index in [1.807, 2.05) is 6.07 Å². The lowest BCUT2D eigenvalue weighted by molar-refractivity contribution is 0.474. The van der Waals surface area contributed by atoms with Crippen LogP contribution in [0.2, 0.25) is 5.02 Å². The molecule has 0 heterocycles. The van der Waals surface area contributed by atoms with Crippen molar-refractivity contribution in [2.24, 2.45) is 0 Å². The zero-order chi connectivity index (χ0) is 14.5. The van der Waals surface area contributed by atoms with Crippen molar-refractivity contribution >= 4 is 21.6 Å². The molecule has 0 saturated heterocycles. The Balaban J connectivity index is 3.36. The number of halogens is 1. The predicted molar refractivity (Wildman–Crippen MR) is 75.3 cm³/mol. The predicted octanol–water partition coefficient (Wildman–Crippen LogP) is 2.57. The van der Waals surface area contributed by atoms with Crippen molar-refractivity contribution < 1.29 is 8.42 Å². The third-order valence-corrected chi connectivity index (χ3v) is 4.66. The van der Waals surface area contributed by atoms with E-state index >= 15 is 0 Å². The second kappa shape index (κ2) is 6.53. The number of sulfonamides is 1. The molecule has 0 amide bonds. The van der Waals surface area contributed by atoms with Gasteiger partial charge in [-0.2, -0.15) is 9.57 Å². The third-order valence-electron chi connectivity index (χ3n) is 2.34. The Labute approximate surface area is 118 Å². The molecule has 0 fully saturated rings. The fourth-order valence-electron chi connectivity index (χ4n) is 1.47. The van der Waals surface area contributed by atoms with E-state index in [0.717, 1.165) is 0 Å². The number of benzene rings is 1. The first-order valence-corrected chi connectivity index (χ1v) is 7.20. The lowest BCUT2D eigenvalue weighted by atomic mass is 10.2. The first-order valence-electron chi connectivity index (χ1n) is 5.39. The molecule has 100 valence electrons. The molecule has 0 saturated carbocycles. The monoisotopic (exact) mass is 296 g/mol. The molecule has 0 aliphatic carbocycles. The van der Waals surface area contributed by atoms with Gasteiger partial charge in [0.05, 0.1) is 16.7 Å². The van der Waals surface area contributed by atoms with Crippen LogP contribution in [0.15, 0.2) is 48.4 Å². The molecule has 1 aromatic carbocycles. The summed E-state index contributed by atoms with van der Waals surface area (Å²) in [5.41, 5.74) is 0.236. The molecule has 1 aromatic rings. The molecule has 0 radical (unpaired) electrons. The van der Waals surface area contributed by atoms with E-state index < -0.39 is 10.0 Å². The largest absolute Gasteiger partial charge is 0.245 e. The van der Waals surface area contributed by atoms with Crippen LogP contribution in [0.4, 0.5) is 0 Å². The summed E-state index contributed by atoms with van der Waals surface area (Å²) in [7, 11) is -3.78. The number of nitrogens with zero attached hydrogens (tertiary/aromatic N) is 2. The topological polar surface area (TPSA) is 61.2 Å². The summed E-state index contributed by atoms with van der Waals surface area (Å²) in [6, 6.07) is 6.01. The molecule has 0 atom stereocenters. The Kier molecular flexibility index (Phi) is 5.31. The molecule has 0 aromatic heterocycles. The molecular weight excluding hydrogens is 284 g/mol. The van der Waals surface area contributed by atoms with Crippen molar-refractivity contribution in [3.8, 4) is 6.07 Å². The van der Waals surface area contributed by atoms with Crippen molar-refractivity contribution in [2.45, 2.75) is 4.90 Å². The van der Waals surface area contributed by atoms with Crippen LogP contribution >= 0.6 is 11.6 Å². The van der Waals surface area contributed by atoms with Gasteiger partial charge < -0.3 is 0 Å². The first kappa shape index (κ1) is 15.4. The highest BCUT2D eigenvalue weighted by Gasteiger charge is 2.25.